The lowest BCUT2D eigenvalue weighted by Crippen LogP contribution is -2.22. The van der Waals surface area contributed by atoms with Gasteiger partial charge in [-0.2, -0.15) is 5.10 Å². The van der Waals surface area contributed by atoms with Crippen LogP contribution in [0.5, 0.6) is 0 Å². The third-order valence-corrected chi connectivity index (χ3v) is 2.69. The summed E-state index contributed by atoms with van der Waals surface area (Å²) in [6.07, 6.45) is 2.82. The summed E-state index contributed by atoms with van der Waals surface area (Å²) in [4.78, 5) is 14.9. The monoisotopic (exact) mass is 238 g/mol. The van der Waals surface area contributed by atoms with Gasteiger partial charge in [0, 0.05) is 11.8 Å². The van der Waals surface area contributed by atoms with Crippen molar-refractivity contribution in [1.82, 2.24) is 14.6 Å². The van der Waals surface area contributed by atoms with Gasteiger partial charge < -0.3 is 9.90 Å². The van der Waals surface area contributed by atoms with E-state index in [0.717, 1.165) is 11.3 Å². The predicted octanol–water partition coefficient (Wildman–Crippen LogP) is 0.760. The fourth-order valence-electron chi connectivity index (χ4n) is 1.86. The van der Waals surface area contributed by atoms with Gasteiger partial charge in [0.15, 0.2) is 5.65 Å². The van der Waals surface area contributed by atoms with Crippen molar-refractivity contribution in [3.63, 3.8) is 0 Å². The van der Waals surface area contributed by atoms with Gasteiger partial charge in [-0.1, -0.05) is 30.3 Å². The zero-order chi connectivity index (χ0) is 12.5. The summed E-state index contributed by atoms with van der Waals surface area (Å²) < 4.78 is 1.50. The summed E-state index contributed by atoms with van der Waals surface area (Å²) in [5.41, 5.74) is 2.01. The summed E-state index contributed by atoms with van der Waals surface area (Å²) in [5, 5.41) is 15.0. The highest BCUT2D eigenvalue weighted by Gasteiger charge is 2.10. The maximum Gasteiger partial charge on any atom is 0.164 e. The van der Waals surface area contributed by atoms with Crippen molar-refractivity contribution in [3.05, 3.63) is 54.4 Å². The highest BCUT2D eigenvalue weighted by molar-refractivity contribution is 5.93. The maximum absolute atomic E-state index is 10.9. The molecule has 0 fully saturated rings. The van der Waals surface area contributed by atoms with Crippen molar-refractivity contribution >= 4 is 11.6 Å². The molecular weight excluding hydrogens is 230 g/mol. The highest BCUT2D eigenvalue weighted by atomic mass is 16.4. The van der Waals surface area contributed by atoms with Crippen molar-refractivity contribution in [2.45, 2.75) is 0 Å². The first-order valence-corrected chi connectivity index (χ1v) is 5.37. The molecule has 0 saturated carbocycles. The summed E-state index contributed by atoms with van der Waals surface area (Å²) in [6.45, 7) is 0. The lowest BCUT2D eigenvalue weighted by atomic mass is 10.1. The van der Waals surface area contributed by atoms with Gasteiger partial charge in [-0.15, -0.1) is 0 Å². The molecule has 3 aromatic rings. The molecule has 1 aromatic carbocycles. The van der Waals surface area contributed by atoms with Crippen molar-refractivity contribution in [2.75, 3.05) is 0 Å². The number of rotatable bonds is 2. The van der Waals surface area contributed by atoms with E-state index in [2.05, 4.69) is 10.1 Å². The lowest BCUT2D eigenvalue weighted by molar-refractivity contribution is -0.254. The van der Waals surface area contributed by atoms with Crippen LogP contribution in [0.25, 0.3) is 16.9 Å². The summed E-state index contributed by atoms with van der Waals surface area (Å²) in [6, 6.07) is 11.4. The Hall–Kier alpha value is -2.69. The molecule has 0 unspecified atom stereocenters. The number of benzene rings is 1. The van der Waals surface area contributed by atoms with Crippen LogP contribution in [0.4, 0.5) is 0 Å². The molecule has 0 saturated heterocycles. The SMILES string of the molecule is O=C([O-])c1cnn2c(-c3ccccc3)ccnc12. The average molecular weight is 238 g/mol. The van der Waals surface area contributed by atoms with Crippen molar-refractivity contribution in [2.24, 2.45) is 0 Å². The van der Waals surface area contributed by atoms with Crippen LogP contribution in [0.1, 0.15) is 10.4 Å². The molecule has 0 atom stereocenters. The van der Waals surface area contributed by atoms with Gasteiger partial charge in [-0.05, 0) is 6.07 Å². The third kappa shape index (κ3) is 1.53. The van der Waals surface area contributed by atoms with Crippen LogP contribution >= 0.6 is 0 Å². The van der Waals surface area contributed by atoms with Crippen LogP contribution in [0.2, 0.25) is 0 Å². The second-order valence-electron chi connectivity index (χ2n) is 3.78. The topological polar surface area (TPSA) is 70.3 Å². The molecule has 3 rings (SSSR count). The minimum atomic E-state index is -1.28. The van der Waals surface area contributed by atoms with Gasteiger partial charge in [0.1, 0.15) is 0 Å². The van der Waals surface area contributed by atoms with Gasteiger partial charge in [0.2, 0.25) is 0 Å². The number of fused-ring (bicyclic) bond motifs is 1. The second-order valence-corrected chi connectivity index (χ2v) is 3.78. The fourth-order valence-corrected chi connectivity index (χ4v) is 1.86. The van der Waals surface area contributed by atoms with E-state index < -0.39 is 5.97 Å². The van der Waals surface area contributed by atoms with E-state index in [0.29, 0.717) is 0 Å². The Morgan fingerprint density at radius 2 is 1.94 bits per heavy atom. The molecule has 0 bridgehead atoms. The number of hydrogen-bond acceptors (Lipinski definition) is 4. The molecule has 0 aliphatic rings. The van der Waals surface area contributed by atoms with E-state index in [1.165, 1.54) is 10.7 Å². The molecule has 88 valence electrons. The molecular formula is C13H8N3O2-. The maximum atomic E-state index is 10.9. The van der Waals surface area contributed by atoms with E-state index in [1.807, 2.05) is 30.3 Å². The molecule has 0 spiro atoms. The Bertz CT molecular complexity index is 719. The molecule has 2 aromatic heterocycles. The molecule has 0 aliphatic heterocycles. The first kappa shape index (κ1) is 10.5. The molecule has 0 N–H and O–H groups in total. The van der Waals surface area contributed by atoms with Crippen LogP contribution in [-0.4, -0.2) is 20.6 Å². The van der Waals surface area contributed by atoms with E-state index in [-0.39, 0.29) is 11.2 Å². The highest BCUT2D eigenvalue weighted by Crippen LogP contribution is 2.20. The zero-order valence-corrected chi connectivity index (χ0v) is 9.28. The van der Waals surface area contributed by atoms with Crippen molar-refractivity contribution < 1.29 is 9.90 Å². The van der Waals surface area contributed by atoms with Crippen LogP contribution in [0.3, 0.4) is 0 Å². The molecule has 5 nitrogen and oxygen atoms in total. The minimum absolute atomic E-state index is 0.00668. The predicted molar refractivity (Wildman–Crippen MR) is 62.8 cm³/mol. The average Bonchev–Trinajstić information content (AvgIpc) is 2.83. The Morgan fingerprint density at radius 1 is 1.17 bits per heavy atom. The number of carbonyl (C=O) groups is 1. The first-order chi connectivity index (χ1) is 8.77. The lowest BCUT2D eigenvalue weighted by Gasteiger charge is -2.04. The van der Waals surface area contributed by atoms with Crippen LogP contribution in [0.15, 0.2) is 48.8 Å². The fraction of sp³-hybridized carbons (Fsp3) is 0. The Kier molecular flexibility index (Phi) is 2.30. The van der Waals surface area contributed by atoms with Gasteiger partial charge >= 0.3 is 0 Å². The molecule has 5 heteroatoms. The minimum Gasteiger partial charge on any atom is -0.545 e. The number of nitrogens with zero attached hydrogens (tertiary/aromatic N) is 3. The van der Waals surface area contributed by atoms with Gasteiger partial charge in [0.05, 0.1) is 23.4 Å². The molecule has 2 heterocycles. The van der Waals surface area contributed by atoms with E-state index >= 15 is 0 Å². The number of hydrogen-bond donors (Lipinski definition) is 0. The summed E-state index contributed by atoms with van der Waals surface area (Å²) in [5.74, 6) is -1.28. The number of carboxylic acids is 1. The molecule has 0 amide bonds. The summed E-state index contributed by atoms with van der Waals surface area (Å²) >= 11 is 0. The molecule has 0 radical (unpaired) electrons. The first-order valence-electron chi connectivity index (χ1n) is 5.37. The van der Waals surface area contributed by atoms with E-state index in [9.17, 15) is 9.90 Å². The summed E-state index contributed by atoms with van der Waals surface area (Å²) in [7, 11) is 0. The van der Waals surface area contributed by atoms with Gasteiger partial charge in [-0.25, -0.2) is 9.50 Å². The quantitative estimate of drug-likeness (QED) is 0.660. The van der Waals surface area contributed by atoms with Gasteiger partial charge in [0.25, 0.3) is 0 Å². The Balaban J connectivity index is 2.29. The van der Waals surface area contributed by atoms with Crippen LogP contribution < -0.4 is 5.11 Å². The number of aromatic nitrogens is 3. The largest absolute Gasteiger partial charge is 0.545 e. The Morgan fingerprint density at radius 3 is 2.67 bits per heavy atom. The smallest absolute Gasteiger partial charge is 0.164 e. The zero-order valence-electron chi connectivity index (χ0n) is 9.28. The van der Waals surface area contributed by atoms with E-state index in [4.69, 9.17) is 0 Å². The number of carbonyl (C=O) groups excluding carboxylic acids is 1. The van der Waals surface area contributed by atoms with Crippen LogP contribution in [0, 0.1) is 0 Å². The van der Waals surface area contributed by atoms with E-state index in [1.54, 1.807) is 12.3 Å². The standard InChI is InChI=1S/C13H9N3O2/c17-13(18)10-8-15-16-11(6-7-14-12(10)16)9-4-2-1-3-5-9/h1-8H,(H,17,18)/p-1. The molecule has 18 heavy (non-hydrogen) atoms. The van der Waals surface area contributed by atoms with Crippen molar-refractivity contribution in [3.8, 4) is 11.3 Å². The molecule has 0 aliphatic carbocycles. The third-order valence-electron chi connectivity index (χ3n) is 2.69. The number of carboxylic acid groups (broad SMARTS) is 1. The number of aromatic carboxylic acids is 1. The van der Waals surface area contributed by atoms with Gasteiger partial charge in [-0.3, -0.25) is 0 Å². The van der Waals surface area contributed by atoms with Crippen molar-refractivity contribution in [1.29, 1.82) is 0 Å². The van der Waals surface area contributed by atoms with Crippen LogP contribution in [-0.2, 0) is 0 Å². The normalized spacial score (nSPS) is 10.7. The Labute approximate surface area is 102 Å². The second kappa shape index (κ2) is 3.96.